The summed E-state index contributed by atoms with van der Waals surface area (Å²) in [6.45, 7) is 0. The van der Waals surface area contributed by atoms with E-state index in [-0.39, 0.29) is 0 Å². The summed E-state index contributed by atoms with van der Waals surface area (Å²) in [7, 11) is 0. The largest absolute Gasteiger partial charge is 0.456 e. The second-order valence-electron chi connectivity index (χ2n) is 13.7. The van der Waals surface area contributed by atoms with Crippen molar-refractivity contribution in [3.8, 4) is 16.8 Å². The van der Waals surface area contributed by atoms with Crippen molar-refractivity contribution in [2.24, 2.45) is 0 Å². The molecule has 0 unspecified atom stereocenters. The number of benzene rings is 9. The van der Waals surface area contributed by atoms with Gasteiger partial charge in [-0.25, -0.2) is 0 Å². The molecule has 53 heavy (non-hydrogen) atoms. The van der Waals surface area contributed by atoms with Crippen molar-refractivity contribution < 1.29 is 4.42 Å². The number of aromatic nitrogens is 1. The number of furan rings is 1. The lowest BCUT2D eigenvalue weighted by Gasteiger charge is -2.27. The maximum Gasteiger partial charge on any atom is 0.135 e. The fourth-order valence-electron chi connectivity index (χ4n) is 8.30. The van der Waals surface area contributed by atoms with Gasteiger partial charge in [0, 0.05) is 43.7 Å². The molecule has 0 aliphatic heterocycles. The maximum absolute atomic E-state index is 6.22. The molecule has 11 rings (SSSR count). The monoisotopic (exact) mass is 676 g/mol. The topological polar surface area (TPSA) is 21.3 Å². The van der Waals surface area contributed by atoms with Crippen molar-refractivity contribution in [1.82, 2.24) is 4.57 Å². The van der Waals surface area contributed by atoms with Gasteiger partial charge in [-0.05, 0) is 88.6 Å². The first-order valence-corrected chi connectivity index (χ1v) is 18.1. The minimum Gasteiger partial charge on any atom is -0.456 e. The van der Waals surface area contributed by atoms with Crippen LogP contribution in [0.25, 0.3) is 82.1 Å². The van der Waals surface area contributed by atoms with Crippen LogP contribution in [0.15, 0.2) is 199 Å². The van der Waals surface area contributed by atoms with Gasteiger partial charge in [0.25, 0.3) is 0 Å². The zero-order chi connectivity index (χ0) is 34.9. The zero-order valence-electron chi connectivity index (χ0n) is 28.8. The third-order valence-electron chi connectivity index (χ3n) is 10.8. The molecule has 3 heteroatoms. The smallest absolute Gasteiger partial charge is 0.135 e. The van der Waals surface area contributed by atoms with E-state index < -0.39 is 0 Å². The Morgan fingerprint density at radius 2 is 0.962 bits per heavy atom. The normalized spacial score (nSPS) is 11.8. The fraction of sp³-hybridized carbons (Fsp3) is 0. The van der Waals surface area contributed by atoms with E-state index in [2.05, 4.69) is 191 Å². The molecule has 3 nitrogen and oxygen atoms in total. The predicted octanol–water partition coefficient (Wildman–Crippen LogP) is 14.1. The predicted molar refractivity (Wildman–Crippen MR) is 223 cm³/mol. The van der Waals surface area contributed by atoms with E-state index in [4.69, 9.17) is 4.42 Å². The lowest BCUT2D eigenvalue weighted by molar-refractivity contribution is 0.669. The molecular formula is C50H32N2O. The van der Waals surface area contributed by atoms with E-state index in [1.807, 2.05) is 12.1 Å². The molecule has 11 aromatic rings. The van der Waals surface area contributed by atoms with E-state index >= 15 is 0 Å². The first kappa shape index (κ1) is 29.6. The van der Waals surface area contributed by atoms with Crippen LogP contribution in [0.3, 0.4) is 0 Å². The highest BCUT2D eigenvalue weighted by Crippen LogP contribution is 2.43. The summed E-state index contributed by atoms with van der Waals surface area (Å²) >= 11 is 0. The summed E-state index contributed by atoms with van der Waals surface area (Å²) in [6, 6.07) is 69.8. The molecule has 0 aliphatic rings. The van der Waals surface area contributed by atoms with Crippen molar-refractivity contribution in [1.29, 1.82) is 0 Å². The van der Waals surface area contributed by atoms with Crippen LogP contribution >= 0.6 is 0 Å². The summed E-state index contributed by atoms with van der Waals surface area (Å²) in [5, 5.41) is 9.61. The van der Waals surface area contributed by atoms with Crippen LogP contribution in [0.5, 0.6) is 0 Å². The Labute approximate surface area is 306 Å². The van der Waals surface area contributed by atoms with Crippen LogP contribution in [0.1, 0.15) is 0 Å². The highest BCUT2D eigenvalue weighted by molar-refractivity contribution is 6.12. The zero-order valence-corrected chi connectivity index (χ0v) is 28.8. The van der Waals surface area contributed by atoms with Crippen LogP contribution in [0.4, 0.5) is 17.1 Å². The number of rotatable bonds is 5. The van der Waals surface area contributed by atoms with Gasteiger partial charge in [0.05, 0.1) is 22.4 Å². The second kappa shape index (κ2) is 11.7. The molecule has 9 aromatic carbocycles. The van der Waals surface area contributed by atoms with E-state index in [1.54, 1.807) is 0 Å². The lowest BCUT2D eigenvalue weighted by Crippen LogP contribution is -2.10. The summed E-state index contributed by atoms with van der Waals surface area (Å²) in [4.78, 5) is 2.37. The van der Waals surface area contributed by atoms with E-state index in [9.17, 15) is 0 Å². The molecule has 0 amide bonds. The van der Waals surface area contributed by atoms with Gasteiger partial charge < -0.3 is 13.9 Å². The van der Waals surface area contributed by atoms with Gasteiger partial charge in [-0.2, -0.15) is 0 Å². The number of hydrogen-bond acceptors (Lipinski definition) is 2. The summed E-state index contributed by atoms with van der Waals surface area (Å²) in [6.07, 6.45) is 0. The number of hydrogen-bond donors (Lipinski definition) is 0. The molecule has 0 saturated heterocycles. The molecule has 0 bridgehead atoms. The van der Waals surface area contributed by atoms with Gasteiger partial charge in [0.1, 0.15) is 11.2 Å². The number of para-hydroxylation sites is 2. The molecular weight excluding hydrogens is 645 g/mol. The molecule has 0 fully saturated rings. The van der Waals surface area contributed by atoms with Gasteiger partial charge in [0.2, 0.25) is 0 Å². The van der Waals surface area contributed by atoms with Crippen molar-refractivity contribution in [2.75, 3.05) is 4.90 Å². The summed E-state index contributed by atoms with van der Waals surface area (Å²) in [5.41, 5.74) is 11.1. The molecule has 0 N–H and O–H groups in total. The van der Waals surface area contributed by atoms with E-state index in [0.29, 0.717) is 0 Å². The molecule has 0 radical (unpaired) electrons. The Balaban J connectivity index is 1.05. The third kappa shape index (κ3) is 4.68. The van der Waals surface area contributed by atoms with E-state index in [1.165, 1.54) is 60.2 Å². The molecule has 248 valence electrons. The van der Waals surface area contributed by atoms with Gasteiger partial charge in [-0.15, -0.1) is 0 Å². The molecule has 0 aliphatic carbocycles. The first-order chi connectivity index (χ1) is 26.3. The minimum absolute atomic E-state index is 0.889. The van der Waals surface area contributed by atoms with Crippen molar-refractivity contribution >= 4 is 82.4 Å². The van der Waals surface area contributed by atoms with Crippen molar-refractivity contribution in [3.05, 3.63) is 194 Å². The van der Waals surface area contributed by atoms with Crippen molar-refractivity contribution in [3.63, 3.8) is 0 Å². The Morgan fingerprint density at radius 1 is 0.358 bits per heavy atom. The first-order valence-electron chi connectivity index (χ1n) is 18.1. The highest BCUT2D eigenvalue weighted by atomic mass is 16.3. The molecule has 0 atom stereocenters. The standard InChI is InChI=1S/C50H32N2O/c1-3-15-39-34(11-1)13-9-20-45(39)51(38-28-30-50-44(32-38)42-18-6-8-22-49(42)53-50)37-26-23-33(24-27-37)36-25-29-48-43(31-36)41-17-5-7-19-47(41)52(48)46-21-10-14-35-12-2-4-16-40(35)46/h1-32H. The maximum atomic E-state index is 6.22. The highest BCUT2D eigenvalue weighted by Gasteiger charge is 2.19. The van der Waals surface area contributed by atoms with Gasteiger partial charge in [-0.1, -0.05) is 127 Å². The van der Waals surface area contributed by atoms with E-state index in [0.717, 1.165) is 39.0 Å². The van der Waals surface area contributed by atoms with Crippen LogP contribution in [-0.2, 0) is 0 Å². The minimum atomic E-state index is 0.889. The van der Waals surface area contributed by atoms with Crippen LogP contribution in [-0.4, -0.2) is 4.57 Å². The molecule has 0 saturated carbocycles. The van der Waals surface area contributed by atoms with Crippen LogP contribution < -0.4 is 4.90 Å². The van der Waals surface area contributed by atoms with Crippen LogP contribution in [0.2, 0.25) is 0 Å². The Kier molecular flexibility index (Phi) is 6.55. The summed E-state index contributed by atoms with van der Waals surface area (Å²) in [5.74, 6) is 0. The SMILES string of the molecule is c1ccc2c(N(c3ccc(-c4ccc5c(c4)c4ccccc4n5-c4cccc5ccccc45)cc3)c3ccc4oc5ccccc5c4c3)cccc2c1. The lowest BCUT2D eigenvalue weighted by atomic mass is 10.0. The summed E-state index contributed by atoms with van der Waals surface area (Å²) < 4.78 is 8.63. The second-order valence-corrected chi connectivity index (χ2v) is 13.7. The Morgan fingerprint density at radius 3 is 1.81 bits per heavy atom. The van der Waals surface area contributed by atoms with Gasteiger partial charge in [-0.3, -0.25) is 0 Å². The molecule has 2 heterocycles. The average molecular weight is 677 g/mol. The Bertz CT molecular complexity index is 3170. The number of anilines is 3. The third-order valence-corrected chi connectivity index (χ3v) is 10.8. The quantitative estimate of drug-likeness (QED) is 0.181. The van der Waals surface area contributed by atoms with Gasteiger partial charge in [0.15, 0.2) is 0 Å². The number of nitrogens with zero attached hydrogens (tertiary/aromatic N) is 2. The Hall–Kier alpha value is -7.10. The molecule has 2 aromatic heterocycles. The molecule has 0 spiro atoms. The van der Waals surface area contributed by atoms with Gasteiger partial charge >= 0.3 is 0 Å². The average Bonchev–Trinajstić information content (AvgIpc) is 3.76. The van der Waals surface area contributed by atoms with Crippen LogP contribution in [0, 0.1) is 0 Å². The van der Waals surface area contributed by atoms with Crippen molar-refractivity contribution in [2.45, 2.75) is 0 Å². The fourth-order valence-corrected chi connectivity index (χ4v) is 8.30. The number of fused-ring (bicyclic) bond motifs is 8.